The van der Waals surface area contributed by atoms with Crippen molar-refractivity contribution in [1.82, 2.24) is 30.0 Å². The number of ether oxygens (including phenoxy) is 1. The second kappa shape index (κ2) is 9.24. The molecule has 5 rings (SSSR count). The zero-order chi connectivity index (χ0) is 22.1. The second-order valence-electron chi connectivity index (χ2n) is 8.16. The number of rotatable bonds is 5. The van der Waals surface area contributed by atoms with Crippen molar-refractivity contribution in [3.63, 3.8) is 0 Å². The second-order valence-corrected chi connectivity index (χ2v) is 9.13. The van der Waals surface area contributed by atoms with E-state index in [9.17, 15) is 4.79 Å². The number of aromatic nitrogens is 4. The van der Waals surface area contributed by atoms with Gasteiger partial charge >= 0.3 is 0 Å². The molecule has 0 saturated carbocycles. The fourth-order valence-corrected chi connectivity index (χ4v) is 4.88. The molecule has 8 nitrogen and oxygen atoms in total. The van der Waals surface area contributed by atoms with Gasteiger partial charge in [0, 0.05) is 61.0 Å². The Morgan fingerprint density at radius 3 is 2.78 bits per heavy atom. The Balaban J connectivity index is 1.44. The van der Waals surface area contributed by atoms with Crippen LogP contribution in [0.25, 0.3) is 11.4 Å². The van der Waals surface area contributed by atoms with Crippen molar-refractivity contribution in [3.8, 4) is 11.4 Å². The first-order valence-corrected chi connectivity index (χ1v) is 11.9. The maximum atomic E-state index is 13.5. The van der Waals surface area contributed by atoms with Crippen LogP contribution < -0.4 is 5.32 Å². The number of carbonyl (C=O) groups excluding carboxylic acids is 1. The number of nitrogens with zero attached hydrogens (tertiary/aromatic N) is 5. The highest BCUT2D eigenvalue weighted by Crippen LogP contribution is 2.33. The lowest BCUT2D eigenvalue weighted by Crippen LogP contribution is -2.43. The van der Waals surface area contributed by atoms with Crippen molar-refractivity contribution in [2.24, 2.45) is 7.05 Å². The third kappa shape index (κ3) is 4.28. The topological polar surface area (TPSA) is 85.2 Å². The minimum Gasteiger partial charge on any atom is -0.379 e. The summed E-state index contributed by atoms with van der Waals surface area (Å²) in [5, 5.41) is 7.89. The number of carbonyl (C=O) groups is 1. The molecule has 1 aliphatic carbocycles. The number of fused-ring (bicyclic) bond motifs is 3. The van der Waals surface area contributed by atoms with Gasteiger partial charge in [-0.15, -0.1) is 0 Å². The highest BCUT2D eigenvalue weighted by atomic mass is 127. The van der Waals surface area contributed by atoms with Crippen LogP contribution in [-0.2, 0) is 24.6 Å². The van der Waals surface area contributed by atoms with Gasteiger partial charge in [-0.25, -0.2) is 9.97 Å². The summed E-state index contributed by atoms with van der Waals surface area (Å²) in [5.74, 6) is -0.142. The van der Waals surface area contributed by atoms with Crippen LogP contribution in [-0.4, -0.2) is 63.4 Å². The SMILES string of the molecule is Cn1nc(C(=O)N[C@H](CN2CCOCC2)c2ccccc2)c2c1-c1nc(I)ncc1CC2. The molecule has 1 amide bonds. The number of benzene rings is 1. The van der Waals surface area contributed by atoms with E-state index >= 15 is 0 Å². The van der Waals surface area contributed by atoms with E-state index in [1.54, 1.807) is 4.68 Å². The van der Waals surface area contributed by atoms with Gasteiger partial charge in [0.2, 0.25) is 0 Å². The lowest BCUT2D eigenvalue weighted by molar-refractivity contribution is 0.0332. The third-order valence-corrected chi connectivity index (χ3v) is 6.64. The van der Waals surface area contributed by atoms with Crippen LogP contribution in [0.2, 0.25) is 0 Å². The number of nitrogens with one attached hydrogen (secondary N) is 1. The van der Waals surface area contributed by atoms with E-state index in [1.165, 1.54) is 0 Å². The molecule has 0 radical (unpaired) electrons. The van der Waals surface area contributed by atoms with E-state index < -0.39 is 0 Å². The van der Waals surface area contributed by atoms with Crippen LogP contribution in [0, 0.1) is 3.83 Å². The van der Waals surface area contributed by atoms with Gasteiger partial charge in [-0.05, 0) is 24.0 Å². The predicted molar refractivity (Wildman–Crippen MR) is 128 cm³/mol. The molecule has 2 aromatic heterocycles. The zero-order valence-electron chi connectivity index (χ0n) is 17.9. The van der Waals surface area contributed by atoms with Crippen LogP contribution in [0.1, 0.15) is 33.2 Å². The van der Waals surface area contributed by atoms with Crippen LogP contribution in [0.15, 0.2) is 36.5 Å². The van der Waals surface area contributed by atoms with Gasteiger partial charge in [-0.3, -0.25) is 14.4 Å². The standard InChI is InChI=1S/C23H25IN6O2/c1-29-21-17(8-7-16-13-25-23(24)27-19(16)21)20(28-29)22(31)26-18(15-5-3-2-4-6-15)14-30-9-11-32-12-10-30/h2-6,13,18H,7-12,14H2,1H3,(H,26,31)/t18-/m1/s1. The minimum atomic E-state index is -0.142. The number of amides is 1. The summed E-state index contributed by atoms with van der Waals surface area (Å²) in [7, 11) is 1.88. The monoisotopic (exact) mass is 544 g/mol. The molecular formula is C23H25IN6O2. The molecule has 9 heteroatoms. The Labute approximate surface area is 200 Å². The maximum absolute atomic E-state index is 13.5. The summed E-state index contributed by atoms with van der Waals surface area (Å²) in [6.07, 6.45) is 3.44. The summed E-state index contributed by atoms with van der Waals surface area (Å²) >= 11 is 2.12. The van der Waals surface area contributed by atoms with E-state index in [0.717, 1.165) is 73.8 Å². The Bertz CT molecular complexity index is 1130. The van der Waals surface area contributed by atoms with Crippen LogP contribution >= 0.6 is 22.6 Å². The van der Waals surface area contributed by atoms with E-state index in [4.69, 9.17) is 4.74 Å². The van der Waals surface area contributed by atoms with Gasteiger partial charge in [-0.1, -0.05) is 30.3 Å². The molecule has 1 N–H and O–H groups in total. The van der Waals surface area contributed by atoms with E-state index in [1.807, 2.05) is 31.4 Å². The lowest BCUT2D eigenvalue weighted by atomic mass is 9.93. The first-order chi connectivity index (χ1) is 15.6. The molecule has 3 heterocycles. The maximum Gasteiger partial charge on any atom is 0.272 e. The highest BCUT2D eigenvalue weighted by molar-refractivity contribution is 14.1. The fourth-order valence-electron chi connectivity index (χ4n) is 4.50. The summed E-state index contributed by atoms with van der Waals surface area (Å²) < 4.78 is 7.96. The molecule has 32 heavy (non-hydrogen) atoms. The Hall–Kier alpha value is -2.37. The average molecular weight is 544 g/mol. The van der Waals surface area contributed by atoms with Crippen LogP contribution in [0.3, 0.4) is 0 Å². The van der Waals surface area contributed by atoms with E-state index in [0.29, 0.717) is 9.53 Å². The Kier molecular flexibility index (Phi) is 6.20. The summed E-state index contributed by atoms with van der Waals surface area (Å²) in [5.41, 5.74) is 5.44. The van der Waals surface area contributed by atoms with Gasteiger partial charge in [0.1, 0.15) is 0 Å². The number of aryl methyl sites for hydroxylation is 2. The molecule has 1 saturated heterocycles. The molecule has 0 bridgehead atoms. The molecular weight excluding hydrogens is 519 g/mol. The normalized spacial score (nSPS) is 16.8. The molecule has 1 aliphatic heterocycles. The molecule has 0 unspecified atom stereocenters. The largest absolute Gasteiger partial charge is 0.379 e. The Morgan fingerprint density at radius 2 is 2.00 bits per heavy atom. The average Bonchev–Trinajstić information content (AvgIpc) is 3.17. The molecule has 1 fully saturated rings. The first-order valence-electron chi connectivity index (χ1n) is 10.8. The third-order valence-electron chi connectivity index (χ3n) is 6.12. The van der Waals surface area contributed by atoms with Crippen molar-refractivity contribution in [2.45, 2.75) is 18.9 Å². The zero-order valence-corrected chi connectivity index (χ0v) is 20.1. The van der Waals surface area contributed by atoms with Gasteiger partial charge in [-0.2, -0.15) is 5.10 Å². The summed E-state index contributed by atoms with van der Waals surface area (Å²) in [4.78, 5) is 24.8. The van der Waals surface area contributed by atoms with Gasteiger partial charge in [0.15, 0.2) is 9.53 Å². The highest BCUT2D eigenvalue weighted by Gasteiger charge is 2.30. The number of hydrogen-bond donors (Lipinski definition) is 1. The molecule has 0 spiro atoms. The van der Waals surface area contributed by atoms with Crippen LogP contribution in [0.5, 0.6) is 0 Å². The fraction of sp³-hybridized carbons (Fsp3) is 0.391. The number of hydrogen-bond acceptors (Lipinski definition) is 6. The number of morpholine rings is 1. The van der Waals surface area contributed by atoms with E-state index in [2.05, 4.69) is 60.0 Å². The van der Waals surface area contributed by atoms with Crippen molar-refractivity contribution >= 4 is 28.5 Å². The van der Waals surface area contributed by atoms with Crippen molar-refractivity contribution < 1.29 is 9.53 Å². The van der Waals surface area contributed by atoms with Gasteiger partial charge in [0.05, 0.1) is 30.6 Å². The molecule has 1 aromatic carbocycles. The number of halogens is 1. The molecule has 166 valence electrons. The van der Waals surface area contributed by atoms with Crippen molar-refractivity contribution in [3.05, 3.63) is 62.7 Å². The summed E-state index contributed by atoms with van der Waals surface area (Å²) in [6.45, 7) is 3.93. The minimum absolute atomic E-state index is 0.126. The molecule has 2 aliphatic rings. The lowest BCUT2D eigenvalue weighted by Gasteiger charge is -2.31. The van der Waals surface area contributed by atoms with Gasteiger partial charge in [0.25, 0.3) is 5.91 Å². The van der Waals surface area contributed by atoms with Crippen molar-refractivity contribution in [1.29, 1.82) is 0 Å². The molecule has 3 aromatic rings. The summed E-state index contributed by atoms with van der Waals surface area (Å²) in [6, 6.07) is 10.0. The van der Waals surface area contributed by atoms with Gasteiger partial charge < -0.3 is 10.1 Å². The van der Waals surface area contributed by atoms with Crippen molar-refractivity contribution in [2.75, 3.05) is 32.8 Å². The van der Waals surface area contributed by atoms with Crippen LogP contribution in [0.4, 0.5) is 0 Å². The smallest absolute Gasteiger partial charge is 0.272 e. The molecule has 1 atom stereocenters. The predicted octanol–water partition coefficient (Wildman–Crippen LogP) is 2.38. The quantitative estimate of drug-likeness (QED) is 0.393. The van der Waals surface area contributed by atoms with E-state index in [-0.39, 0.29) is 11.9 Å². The Morgan fingerprint density at radius 1 is 1.22 bits per heavy atom. The first kappa shape index (κ1) is 21.5.